The lowest BCUT2D eigenvalue weighted by Crippen LogP contribution is -2.16. The van der Waals surface area contributed by atoms with E-state index in [0.29, 0.717) is 0 Å². The molecule has 0 N–H and O–H groups in total. The average molecular weight is 349 g/mol. The van der Waals surface area contributed by atoms with Crippen molar-refractivity contribution >= 4 is 21.9 Å². The number of benzene rings is 1. The number of ether oxygens (including phenoxy) is 2. The molecule has 106 valence electrons. The maximum Gasteiger partial charge on any atom is 0.387 e. The van der Waals surface area contributed by atoms with Crippen LogP contribution in [0.15, 0.2) is 4.47 Å². The maximum atomic E-state index is 13.6. The zero-order valence-electron chi connectivity index (χ0n) is 9.28. The molecule has 0 aliphatic heterocycles. The van der Waals surface area contributed by atoms with Crippen molar-refractivity contribution in [3.8, 4) is 5.75 Å². The van der Waals surface area contributed by atoms with Crippen molar-refractivity contribution in [2.24, 2.45) is 0 Å². The predicted molar refractivity (Wildman–Crippen MR) is 56.6 cm³/mol. The summed E-state index contributed by atoms with van der Waals surface area (Å²) in [7, 11) is 0. The molecular weight excluding hydrogens is 343 g/mol. The zero-order valence-corrected chi connectivity index (χ0v) is 10.9. The first-order chi connectivity index (χ1) is 8.81. The molecule has 19 heavy (non-hydrogen) atoms. The molecule has 9 heteroatoms. The molecule has 0 saturated carbocycles. The minimum absolute atomic E-state index is 0.219. The van der Waals surface area contributed by atoms with Gasteiger partial charge in [-0.15, -0.1) is 0 Å². The van der Waals surface area contributed by atoms with Crippen LogP contribution in [0, 0.1) is 17.5 Å². The van der Waals surface area contributed by atoms with Gasteiger partial charge in [-0.3, -0.25) is 0 Å². The van der Waals surface area contributed by atoms with Crippen LogP contribution < -0.4 is 4.74 Å². The van der Waals surface area contributed by atoms with Gasteiger partial charge in [0.05, 0.1) is 11.1 Å². The Balaban J connectivity index is 3.52. The molecule has 0 radical (unpaired) electrons. The highest BCUT2D eigenvalue weighted by Crippen LogP contribution is 2.35. The fourth-order valence-corrected chi connectivity index (χ4v) is 1.57. The van der Waals surface area contributed by atoms with Crippen molar-refractivity contribution in [3.05, 3.63) is 27.5 Å². The summed E-state index contributed by atoms with van der Waals surface area (Å²) in [6.07, 6.45) is 0. The van der Waals surface area contributed by atoms with Crippen LogP contribution in [-0.2, 0) is 4.74 Å². The second-order valence-electron chi connectivity index (χ2n) is 3.06. The van der Waals surface area contributed by atoms with E-state index in [1.165, 1.54) is 6.92 Å². The number of hydrogen-bond donors (Lipinski definition) is 0. The lowest BCUT2D eigenvalue weighted by atomic mass is 10.1. The van der Waals surface area contributed by atoms with Gasteiger partial charge in [0, 0.05) is 0 Å². The fourth-order valence-electron chi connectivity index (χ4n) is 1.20. The Morgan fingerprint density at radius 1 is 1.21 bits per heavy atom. The zero-order chi connectivity index (χ0) is 14.7. The molecule has 3 nitrogen and oxygen atoms in total. The first-order valence-electron chi connectivity index (χ1n) is 4.79. The van der Waals surface area contributed by atoms with E-state index in [-0.39, 0.29) is 6.61 Å². The van der Waals surface area contributed by atoms with Crippen molar-refractivity contribution < 1.29 is 36.2 Å². The summed E-state index contributed by atoms with van der Waals surface area (Å²) in [6.45, 7) is -2.43. The summed E-state index contributed by atoms with van der Waals surface area (Å²) in [4.78, 5) is 11.4. The monoisotopic (exact) mass is 348 g/mol. The quantitative estimate of drug-likeness (QED) is 0.360. The van der Waals surface area contributed by atoms with Crippen LogP contribution in [0.2, 0.25) is 0 Å². The normalized spacial score (nSPS) is 10.7. The summed E-state index contributed by atoms with van der Waals surface area (Å²) in [5.41, 5.74) is -1.24. The number of alkyl halides is 2. The van der Waals surface area contributed by atoms with Gasteiger partial charge in [0.1, 0.15) is 5.56 Å². The van der Waals surface area contributed by atoms with E-state index in [4.69, 9.17) is 0 Å². The third-order valence-electron chi connectivity index (χ3n) is 1.91. The summed E-state index contributed by atoms with van der Waals surface area (Å²) in [6, 6.07) is 0. The molecule has 0 heterocycles. The Morgan fingerprint density at radius 2 is 1.79 bits per heavy atom. The highest BCUT2D eigenvalue weighted by atomic mass is 79.9. The maximum absolute atomic E-state index is 13.6. The largest absolute Gasteiger partial charge is 0.462 e. The standard InChI is InChI=1S/C10H6BrF5O3/c1-2-18-9(17)3-5(12)4(11)6(13)7(14)8(3)19-10(15)16/h10H,2H2,1H3. The van der Waals surface area contributed by atoms with Crippen LogP contribution in [-0.4, -0.2) is 19.2 Å². The molecule has 0 aromatic heterocycles. The van der Waals surface area contributed by atoms with Gasteiger partial charge in [-0.1, -0.05) is 0 Å². The molecule has 0 bridgehead atoms. The SMILES string of the molecule is CCOC(=O)c1c(F)c(Br)c(F)c(F)c1OC(F)F. The van der Waals surface area contributed by atoms with Gasteiger partial charge in [0.15, 0.2) is 17.4 Å². The molecule has 1 aromatic rings. The van der Waals surface area contributed by atoms with Crippen molar-refractivity contribution in [1.82, 2.24) is 0 Å². The number of hydrogen-bond acceptors (Lipinski definition) is 3. The first kappa shape index (κ1) is 15.7. The summed E-state index contributed by atoms with van der Waals surface area (Å²) in [5, 5.41) is 0. The topological polar surface area (TPSA) is 35.5 Å². The van der Waals surface area contributed by atoms with Gasteiger partial charge in [0.25, 0.3) is 0 Å². The number of carbonyl (C=O) groups is 1. The molecular formula is C10H6BrF5O3. The van der Waals surface area contributed by atoms with Gasteiger partial charge in [-0.25, -0.2) is 13.6 Å². The van der Waals surface area contributed by atoms with E-state index >= 15 is 0 Å². The minimum Gasteiger partial charge on any atom is -0.462 e. The fraction of sp³-hybridized carbons (Fsp3) is 0.300. The van der Waals surface area contributed by atoms with E-state index in [9.17, 15) is 26.7 Å². The van der Waals surface area contributed by atoms with Crippen molar-refractivity contribution in [1.29, 1.82) is 0 Å². The van der Waals surface area contributed by atoms with Crippen LogP contribution in [0.1, 0.15) is 17.3 Å². The Kier molecular flexibility index (Phi) is 5.10. The minimum atomic E-state index is -3.57. The third-order valence-corrected chi connectivity index (χ3v) is 2.61. The lowest BCUT2D eigenvalue weighted by Gasteiger charge is -2.13. The van der Waals surface area contributed by atoms with Crippen LogP contribution in [0.25, 0.3) is 0 Å². The van der Waals surface area contributed by atoms with Crippen molar-refractivity contribution in [2.75, 3.05) is 6.61 Å². The second-order valence-corrected chi connectivity index (χ2v) is 3.85. The van der Waals surface area contributed by atoms with Crippen molar-refractivity contribution in [2.45, 2.75) is 13.5 Å². The van der Waals surface area contributed by atoms with E-state index < -0.39 is 45.8 Å². The molecule has 0 amide bonds. The molecule has 0 aliphatic carbocycles. The number of esters is 1. The van der Waals surface area contributed by atoms with Crippen LogP contribution >= 0.6 is 15.9 Å². The lowest BCUT2D eigenvalue weighted by molar-refractivity contribution is -0.0534. The molecule has 1 aromatic carbocycles. The van der Waals surface area contributed by atoms with Crippen LogP contribution in [0.4, 0.5) is 22.0 Å². The number of rotatable bonds is 4. The molecule has 1 rings (SSSR count). The van der Waals surface area contributed by atoms with E-state index in [0.717, 1.165) is 0 Å². The smallest absolute Gasteiger partial charge is 0.387 e. The average Bonchev–Trinajstić information content (AvgIpc) is 2.33. The molecule has 0 unspecified atom stereocenters. The Labute approximate surface area is 112 Å². The van der Waals surface area contributed by atoms with Gasteiger partial charge in [-0.05, 0) is 22.9 Å². The van der Waals surface area contributed by atoms with E-state index in [1.54, 1.807) is 0 Å². The summed E-state index contributed by atoms with van der Waals surface area (Å²) < 4.78 is 71.5. The number of halogens is 6. The molecule has 0 aliphatic rings. The van der Waals surface area contributed by atoms with Gasteiger partial charge >= 0.3 is 12.6 Å². The molecule has 0 atom stereocenters. The Bertz CT molecular complexity index is 507. The highest BCUT2D eigenvalue weighted by molar-refractivity contribution is 9.10. The van der Waals surface area contributed by atoms with E-state index in [2.05, 4.69) is 25.4 Å². The first-order valence-corrected chi connectivity index (χ1v) is 5.58. The van der Waals surface area contributed by atoms with Gasteiger partial charge < -0.3 is 9.47 Å². The van der Waals surface area contributed by atoms with Gasteiger partial charge in [-0.2, -0.15) is 13.2 Å². The molecule has 0 spiro atoms. The molecule has 0 saturated heterocycles. The van der Waals surface area contributed by atoms with E-state index in [1.807, 2.05) is 0 Å². The molecule has 0 fully saturated rings. The Hall–Kier alpha value is -1.38. The second kappa shape index (κ2) is 6.18. The highest BCUT2D eigenvalue weighted by Gasteiger charge is 2.31. The van der Waals surface area contributed by atoms with Crippen LogP contribution in [0.3, 0.4) is 0 Å². The summed E-state index contributed by atoms with van der Waals surface area (Å²) >= 11 is 2.36. The van der Waals surface area contributed by atoms with Crippen LogP contribution in [0.5, 0.6) is 5.75 Å². The summed E-state index contributed by atoms with van der Waals surface area (Å²) in [5.74, 6) is -8.28. The van der Waals surface area contributed by atoms with Gasteiger partial charge in [0.2, 0.25) is 5.82 Å². The Morgan fingerprint density at radius 3 is 2.26 bits per heavy atom. The predicted octanol–water partition coefficient (Wildman–Crippen LogP) is 3.64. The van der Waals surface area contributed by atoms with Crippen molar-refractivity contribution in [3.63, 3.8) is 0 Å². The third kappa shape index (κ3) is 3.14. The number of carbonyl (C=O) groups excluding carboxylic acids is 1.